The van der Waals surface area contributed by atoms with E-state index in [1.807, 2.05) is 18.2 Å². The first-order valence-electron chi connectivity index (χ1n) is 12.5. The van der Waals surface area contributed by atoms with Gasteiger partial charge in [0.2, 0.25) is 0 Å². The number of methoxy groups -OCH3 is 2. The molecule has 0 radical (unpaired) electrons. The van der Waals surface area contributed by atoms with Crippen molar-refractivity contribution >= 4 is 5.69 Å². The molecule has 35 heavy (non-hydrogen) atoms. The van der Waals surface area contributed by atoms with Gasteiger partial charge in [-0.15, -0.1) is 0 Å². The maximum Gasteiger partial charge on any atom is 0.159 e. The molecule has 184 valence electrons. The Kier molecular flexibility index (Phi) is 7.07. The molecular weight excluding hydrogens is 441 g/mol. The summed E-state index contributed by atoms with van der Waals surface area (Å²) in [5.74, 6) is 0.947. The minimum atomic E-state index is -0.207. The Balaban J connectivity index is 1.40. The molecule has 3 aromatic rings. The highest BCUT2D eigenvalue weighted by molar-refractivity contribution is 5.52. The maximum atomic E-state index is 13.6. The van der Waals surface area contributed by atoms with E-state index in [2.05, 4.69) is 35.2 Å². The molecule has 1 N–H and O–H groups in total. The van der Waals surface area contributed by atoms with Crippen LogP contribution in [0.1, 0.15) is 53.4 Å². The number of phenolic OH excluding ortho intramolecular Hbond substituents is 1. The predicted molar refractivity (Wildman–Crippen MR) is 137 cm³/mol. The molecule has 1 aliphatic carbocycles. The standard InChI is InChI=1S/C30H34FNO3/c1-34-30(35-2)22-15-17-32(18-16-22)25-10-5-21(6-11-25)29-27(20-3-8-24(31)9-4-20)13-7-23-19-26(33)12-14-28(23)29/h3-6,8-12,14,19,22,27,29-30,33H,7,13,15-18H2,1-2H3/t27-,29+/m1/s1. The van der Waals surface area contributed by atoms with Crippen molar-refractivity contribution in [3.05, 3.63) is 94.8 Å². The number of ether oxygens (including phenoxy) is 2. The summed E-state index contributed by atoms with van der Waals surface area (Å²) in [4.78, 5) is 2.44. The van der Waals surface area contributed by atoms with Gasteiger partial charge in [-0.25, -0.2) is 4.39 Å². The molecule has 0 spiro atoms. The van der Waals surface area contributed by atoms with Crippen LogP contribution in [0.4, 0.5) is 10.1 Å². The summed E-state index contributed by atoms with van der Waals surface area (Å²) in [5, 5.41) is 10.1. The molecule has 1 fully saturated rings. The van der Waals surface area contributed by atoms with Crippen molar-refractivity contribution in [1.82, 2.24) is 0 Å². The Hall–Kier alpha value is -2.89. The van der Waals surface area contributed by atoms with Gasteiger partial charge in [0.05, 0.1) is 0 Å². The number of fused-ring (bicyclic) bond motifs is 1. The summed E-state index contributed by atoms with van der Waals surface area (Å²) in [6.07, 6.45) is 3.82. The Bertz CT molecular complexity index is 1120. The topological polar surface area (TPSA) is 41.9 Å². The number of benzene rings is 3. The average molecular weight is 476 g/mol. The first-order chi connectivity index (χ1) is 17.1. The zero-order valence-electron chi connectivity index (χ0n) is 20.5. The van der Waals surface area contributed by atoms with Gasteiger partial charge >= 0.3 is 0 Å². The number of aromatic hydroxyl groups is 1. The minimum Gasteiger partial charge on any atom is -0.508 e. The van der Waals surface area contributed by atoms with Crippen LogP contribution in [0.3, 0.4) is 0 Å². The lowest BCUT2D eigenvalue weighted by molar-refractivity contribution is -0.141. The van der Waals surface area contributed by atoms with Crippen LogP contribution in [0, 0.1) is 11.7 Å². The first kappa shape index (κ1) is 23.8. The summed E-state index contributed by atoms with van der Waals surface area (Å²) in [5.41, 5.74) is 6.10. The molecular formula is C30H34FNO3. The summed E-state index contributed by atoms with van der Waals surface area (Å²) in [6, 6.07) is 21.7. The van der Waals surface area contributed by atoms with Crippen LogP contribution in [0.25, 0.3) is 0 Å². The van der Waals surface area contributed by atoms with E-state index < -0.39 is 0 Å². The van der Waals surface area contributed by atoms with Gasteiger partial charge in [-0.2, -0.15) is 0 Å². The molecule has 3 aromatic carbocycles. The highest BCUT2D eigenvalue weighted by atomic mass is 19.1. The molecule has 1 saturated heterocycles. The number of aryl methyl sites for hydroxylation is 1. The molecule has 5 rings (SSSR count). The zero-order valence-corrected chi connectivity index (χ0v) is 20.5. The minimum absolute atomic E-state index is 0.131. The third-order valence-corrected chi connectivity index (χ3v) is 7.89. The molecule has 0 unspecified atom stereocenters. The maximum absolute atomic E-state index is 13.6. The van der Waals surface area contributed by atoms with Crippen molar-refractivity contribution in [3.8, 4) is 5.75 Å². The summed E-state index contributed by atoms with van der Waals surface area (Å²) in [7, 11) is 3.42. The Morgan fingerprint density at radius 2 is 1.51 bits per heavy atom. The monoisotopic (exact) mass is 475 g/mol. The smallest absolute Gasteiger partial charge is 0.159 e. The van der Waals surface area contributed by atoms with Gasteiger partial charge in [0.25, 0.3) is 0 Å². The quantitative estimate of drug-likeness (QED) is 0.429. The molecule has 1 heterocycles. The molecule has 0 aromatic heterocycles. The van der Waals surface area contributed by atoms with Crippen LogP contribution in [0.15, 0.2) is 66.7 Å². The summed E-state index contributed by atoms with van der Waals surface area (Å²) < 4.78 is 24.6. The molecule has 2 aliphatic rings. The van der Waals surface area contributed by atoms with Crippen molar-refractivity contribution in [2.45, 2.75) is 43.8 Å². The number of anilines is 1. The van der Waals surface area contributed by atoms with Gasteiger partial charge in [0, 0.05) is 44.8 Å². The molecule has 0 bridgehead atoms. The number of piperidine rings is 1. The normalized spacial score (nSPS) is 20.7. The molecule has 4 nitrogen and oxygen atoms in total. The second kappa shape index (κ2) is 10.4. The molecule has 5 heteroatoms. The van der Waals surface area contributed by atoms with E-state index >= 15 is 0 Å². The summed E-state index contributed by atoms with van der Waals surface area (Å²) >= 11 is 0. The number of halogens is 1. The predicted octanol–water partition coefficient (Wildman–Crippen LogP) is 6.23. The van der Waals surface area contributed by atoms with Crippen LogP contribution >= 0.6 is 0 Å². The number of hydrogen-bond acceptors (Lipinski definition) is 4. The largest absolute Gasteiger partial charge is 0.508 e. The third-order valence-electron chi connectivity index (χ3n) is 7.89. The van der Waals surface area contributed by atoms with Gasteiger partial charge in [0.15, 0.2) is 6.29 Å². The van der Waals surface area contributed by atoms with Gasteiger partial charge in [-0.3, -0.25) is 0 Å². The van der Waals surface area contributed by atoms with Crippen molar-refractivity contribution < 1.29 is 19.0 Å². The lowest BCUT2D eigenvalue weighted by atomic mass is 9.69. The van der Waals surface area contributed by atoms with Crippen LogP contribution in [0.5, 0.6) is 5.75 Å². The fourth-order valence-electron chi connectivity index (χ4n) is 6.09. The van der Waals surface area contributed by atoms with Crippen LogP contribution in [-0.4, -0.2) is 38.7 Å². The second-order valence-electron chi connectivity index (χ2n) is 9.81. The number of hydrogen-bond donors (Lipinski definition) is 1. The third kappa shape index (κ3) is 4.93. The average Bonchev–Trinajstić information content (AvgIpc) is 2.90. The SMILES string of the molecule is COC(OC)C1CCN(c2ccc([C@@H]3c4ccc(O)cc4CC[C@@H]3c3ccc(F)cc3)cc2)CC1. The van der Waals surface area contributed by atoms with Crippen LogP contribution < -0.4 is 4.90 Å². The number of phenols is 1. The fraction of sp³-hybridized carbons (Fsp3) is 0.400. The van der Waals surface area contributed by atoms with Crippen molar-refractivity contribution in [1.29, 1.82) is 0 Å². The van der Waals surface area contributed by atoms with Gasteiger partial charge < -0.3 is 19.5 Å². The van der Waals surface area contributed by atoms with E-state index in [0.29, 0.717) is 11.7 Å². The van der Waals surface area contributed by atoms with E-state index in [-0.39, 0.29) is 23.9 Å². The molecule has 0 saturated carbocycles. The Labute approximate surface area is 207 Å². The molecule has 2 atom stereocenters. The summed E-state index contributed by atoms with van der Waals surface area (Å²) in [6.45, 7) is 1.97. The fourth-order valence-corrected chi connectivity index (χ4v) is 6.09. The van der Waals surface area contributed by atoms with E-state index in [1.54, 1.807) is 32.4 Å². The van der Waals surface area contributed by atoms with Crippen LogP contribution in [-0.2, 0) is 15.9 Å². The van der Waals surface area contributed by atoms with Gasteiger partial charge in [-0.1, -0.05) is 30.3 Å². The van der Waals surface area contributed by atoms with E-state index in [0.717, 1.165) is 44.3 Å². The van der Waals surface area contributed by atoms with Crippen molar-refractivity contribution in [2.75, 3.05) is 32.2 Å². The molecule has 1 aliphatic heterocycles. The van der Waals surface area contributed by atoms with Gasteiger partial charge in [-0.05, 0) is 90.3 Å². The molecule has 0 amide bonds. The highest BCUT2D eigenvalue weighted by Gasteiger charge is 2.32. The van der Waals surface area contributed by atoms with E-state index in [4.69, 9.17) is 9.47 Å². The van der Waals surface area contributed by atoms with Gasteiger partial charge in [0.1, 0.15) is 11.6 Å². The van der Waals surface area contributed by atoms with Crippen molar-refractivity contribution in [2.24, 2.45) is 5.92 Å². The van der Waals surface area contributed by atoms with E-state index in [9.17, 15) is 9.50 Å². The van der Waals surface area contributed by atoms with Crippen LogP contribution in [0.2, 0.25) is 0 Å². The van der Waals surface area contributed by atoms with E-state index in [1.165, 1.54) is 22.4 Å². The Morgan fingerprint density at radius 1 is 0.857 bits per heavy atom. The number of nitrogens with zero attached hydrogens (tertiary/aromatic N) is 1. The highest BCUT2D eigenvalue weighted by Crippen LogP contribution is 2.47. The van der Waals surface area contributed by atoms with Crippen molar-refractivity contribution in [3.63, 3.8) is 0 Å². The Morgan fingerprint density at radius 3 is 2.17 bits per heavy atom. The lowest BCUT2D eigenvalue weighted by Crippen LogP contribution is -2.39. The number of rotatable bonds is 6. The lowest BCUT2D eigenvalue weighted by Gasteiger charge is -2.37. The second-order valence-corrected chi connectivity index (χ2v) is 9.81. The first-order valence-corrected chi connectivity index (χ1v) is 12.5. The zero-order chi connectivity index (χ0) is 24.4.